The molecule has 1 atom stereocenters. The number of anilines is 1. The molecule has 2 aliphatic rings. The van der Waals surface area contributed by atoms with Crippen molar-refractivity contribution in [3.8, 4) is 0 Å². The maximum absolute atomic E-state index is 13.0. The molecule has 2 heterocycles. The summed E-state index contributed by atoms with van der Waals surface area (Å²) in [6.07, 6.45) is 0. The minimum absolute atomic E-state index is 0.207. The van der Waals surface area contributed by atoms with Gasteiger partial charge in [0, 0.05) is 36.9 Å². The van der Waals surface area contributed by atoms with Gasteiger partial charge < -0.3 is 9.80 Å². The molecule has 4 rings (SSSR count). The van der Waals surface area contributed by atoms with Gasteiger partial charge >= 0.3 is 0 Å². The lowest BCUT2D eigenvalue weighted by atomic mass is 10.1. The van der Waals surface area contributed by atoms with Gasteiger partial charge in [-0.1, -0.05) is 29.8 Å². The Labute approximate surface area is 174 Å². The van der Waals surface area contributed by atoms with Crippen molar-refractivity contribution in [2.45, 2.75) is 19.9 Å². The first kappa shape index (κ1) is 19.5. The summed E-state index contributed by atoms with van der Waals surface area (Å²) in [5.74, 6) is -1.01. The second-order valence-corrected chi connectivity index (χ2v) is 7.88. The Kier molecular flexibility index (Phi) is 5.04. The quantitative estimate of drug-likeness (QED) is 0.728. The number of hydrogen-bond donors (Lipinski definition) is 0. The van der Waals surface area contributed by atoms with Crippen LogP contribution in [0.5, 0.6) is 0 Å². The number of benzene rings is 2. The van der Waals surface area contributed by atoms with E-state index in [-0.39, 0.29) is 5.91 Å². The summed E-state index contributed by atoms with van der Waals surface area (Å²) in [5.41, 5.74) is 2.92. The van der Waals surface area contributed by atoms with E-state index < -0.39 is 17.9 Å². The molecule has 0 unspecified atom stereocenters. The number of rotatable bonds is 3. The molecule has 0 N–H and O–H groups in total. The van der Waals surface area contributed by atoms with Crippen LogP contribution < -0.4 is 4.90 Å². The summed E-state index contributed by atoms with van der Waals surface area (Å²) in [5, 5.41) is 0.684. The molecule has 0 spiro atoms. The molecule has 0 radical (unpaired) electrons. The van der Waals surface area contributed by atoms with Crippen LogP contribution in [-0.4, -0.2) is 59.7 Å². The fourth-order valence-electron chi connectivity index (χ4n) is 4.03. The van der Waals surface area contributed by atoms with E-state index in [1.807, 2.05) is 25.1 Å². The predicted octanol–water partition coefficient (Wildman–Crippen LogP) is 2.98. The number of carbonyl (C=O) groups excluding carboxylic acids is 3. The molecule has 29 heavy (non-hydrogen) atoms. The van der Waals surface area contributed by atoms with E-state index in [9.17, 15) is 14.4 Å². The molecule has 3 amide bonds. The summed E-state index contributed by atoms with van der Waals surface area (Å²) < 4.78 is 0. The Morgan fingerprint density at radius 2 is 1.55 bits per heavy atom. The van der Waals surface area contributed by atoms with Gasteiger partial charge in [0.25, 0.3) is 11.8 Å². The van der Waals surface area contributed by atoms with E-state index in [0.29, 0.717) is 42.3 Å². The van der Waals surface area contributed by atoms with E-state index in [2.05, 4.69) is 4.90 Å². The molecule has 0 bridgehead atoms. The Balaban J connectivity index is 1.44. The first-order chi connectivity index (χ1) is 13.9. The summed E-state index contributed by atoms with van der Waals surface area (Å²) in [6.45, 7) is 6.05. The van der Waals surface area contributed by atoms with Crippen molar-refractivity contribution in [2.24, 2.45) is 0 Å². The number of amides is 3. The van der Waals surface area contributed by atoms with E-state index in [1.54, 1.807) is 36.1 Å². The van der Waals surface area contributed by atoms with Gasteiger partial charge in [-0.2, -0.15) is 0 Å². The van der Waals surface area contributed by atoms with Crippen LogP contribution in [0.3, 0.4) is 0 Å². The normalized spacial score (nSPS) is 17.6. The SMILES string of the molecule is Cc1ccc(Cl)cc1N1CCN(C(=O)[C@@H](C)N2C(=O)c3ccccc3C2=O)CC1. The smallest absolute Gasteiger partial charge is 0.262 e. The minimum Gasteiger partial charge on any atom is -0.368 e. The molecule has 2 aliphatic heterocycles. The van der Waals surface area contributed by atoms with Crippen molar-refractivity contribution in [2.75, 3.05) is 31.1 Å². The highest BCUT2D eigenvalue weighted by Crippen LogP contribution is 2.27. The van der Waals surface area contributed by atoms with Gasteiger partial charge in [0.15, 0.2) is 0 Å². The van der Waals surface area contributed by atoms with Crippen LogP contribution >= 0.6 is 11.6 Å². The van der Waals surface area contributed by atoms with Crippen molar-refractivity contribution >= 4 is 35.0 Å². The highest BCUT2D eigenvalue weighted by atomic mass is 35.5. The molecule has 0 aliphatic carbocycles. The number of hydrogen-bond acceptors (Lipinski definition) is 4. The van der Waals surface area contributed by atoms with E-state index in [4.69, 9.17) is 11.6 Å². The molecule has 2 aromatic rings. The topological polar surface area (TPSA) is 60.9 Å². The second-order valence-electron chi connectivity index (χ2n) is 7.45. The van der Waals surface area contributed by atoms with Gasteiger partial charge in [-0.15, -0.1) is 0 Å². The lowest BCUT2D eigenvalue weighted by Crippen LogP contribution is -2.55. The molecule has 2 aromatic carbocycles. The Bertz CT molecular complexity index is 964. The van der Waals surface area contributed by atoms with E-state index >= 15 is 0 Å². The lowest BCUT2D eigenvalue weighted by molar-refractivity contribution is -0.135. The van der Waals surface area contributed by atoms with E-state index in [1.165, 1.54) is 0 Å². The third-order valence-corrected chi connectivity index (χ3v) is 5.91. The van der Waals surface area contributed by atoms with Crippen LogP contribution in [0.25, 0.3) is 0 Å². The van der Waals surface area contributed by atoms with Crippen molar-refractivity contribution < 1.29 is 14.4 Å². The van der Waals surface area contributed by atoms with Crippen LogP contribution in [0, 0.1) is 6.92 Å². The largest absolute Gasteiger partial charge is 0.368 e. The standard InChI is InChI=1S/C22H22ClN3O3/c1-14-7-8-16(23)13-19(14)24-9-11-25(12-10-24)20(27)15(2)26-21(28)17-5-3-4-6-18(17)22(26)29/h3-8,13,15H,9-12H2,1-2H3/t15-/m1/s1. The molecule has 0 saturated carbocycles. The van der Waals surface area contributed by atoms with Crippen LogP contribution in [-0.2, 0) is 4.79 Å². The average Bonchev–Trinajstić information content (AvgIpc) is 2.99. The number of halogens is 1. The van der Waals surface area contributed by atoms with Gasteiger partial charge in [-0.3, -0.25) is 19.3 Å². The zero-order chi connectivity index (χ0) is 20.7. The maximum Gasteiger partial charge on any atom is 0.262 e. The lowest BCUT2D eigenvalue weighted by Gasteiger charge is -2.38. The molecule has 7 heteroatoms. The molecule has 1 fully saturated rings. The van der Waals surface area contributed by atoms with Gasteiger partial charge in [-0.05, 0) is 43.7 Å². The Morgan fingerprint density at radius 3 is 2.14 bits per heavy atom. The summed E-state index contributed by atoms with van der Waals surface area (Å²) in [7, 11) is 0. The molecule has 1 saturated heterocycles. The third kappa shape index (κ3) is 3.38. The fourth-order valence-corrected chi connectivity index (χ4v) is 4.19. The van der Waals surface area contributed by atoms with Gasteiger partial charge in [0.1, 0.15) is 6.04 Å². The number of fused-ring (bicyclic) bond motifs is 1. The van der Waals surface area contributed by atoms with E-state index in [0.717, 1.165) is 16.2 Å². The van der Waals surface area contributed by atoms with Crippen molar-refractivity contribution in [1.82, 2.24) is 9.80 Å². The zero-order valence-corrected chi connectivity index (χ0v) is 17.1. The predicted molar refractivity (Wildman–Crippen MR) is 111 cm³/mol. The molecule has 6 nitrogen and oxygen atoms in total. The van der Waals surface area contributed by atoms with Crippen LogP contribution in [0.4, 0.5) is 5.69 Å². The van der Waals surface area contributed by atoms with Crippen molar-refractivity contribution in [3.63, 3.8) is 0 Å². The van der Waals surface area contributed by atoms with Crippen LogP contribution in [0.15, 0.2) is 42.5 Å². The van der Waals surface area contributed by atoms with Gasteiger partial charge in [0.2, 0.25) is 5.91 Å². The van der Waals surface area contributed by atoms with Gasteiger partial charge in [-0.25, -0.2) is 0 Å². The van der Waals surface area contributed by atoms with Crippen molar-refractivity contribution in [1.29, 1.82) is 0 Å². The number of piperazine rings is 1. The van der Waals surface area contributed by atoms with Crippen molar-refractivity contribution in [3.05, 3.63) is 64.2 Å². The average molecular weight is 412 g/mol. The first-order valence-electron chi connectivity index (χ1n) is 9.65. The second kappa shape index (κ2) is 7.52. The zero-order valence-electron chi connectivity index (χ0n) is 16.4. The Hall–Kier alpha value is -2.86. The minimum atomic E-state index is -0.832. The fraction of sp³-hybridized carbons (Fsp3) is 0.318. The van der Waals surface area contributed by atoms with Crippen LogP contribution in [0.2, 0.25) is 5.02 Å². The molecular formula is C22H22ClN3O3. The molecule has 150 valence electrons. The monoisotopic (exact) mass is 411 g/mol. The van der Waals surface area contributed by atoms with Gasteiger partial charge in [0.05, 0.1) is 11.1 Å². The number of nitrogens with zero attached hydrogens (tertiary/aromatic N) is 3. The van der Waals surface area contributed by atoms with Crippen LogP contribution in [0.1, 0.15) is 33.2 Å². The third-order valence-electron chi connectivity index (χ3n) is 5.67. The maximum atomic E-state index is 13.0. The first-order valence-corrected chi connectivity index (χ1v) is 10.0. The summed E-state index contributed by atoms with van der Waals surface area (Å²) in [4.78, 5) is 43.4. The molecular weight excluding hydrogens is 390 g/mol. The highest BCUT2D eigenvalue weighted by molar-refractivity contribution is 6.30. The number of imide groups is 1. The summed E-state index contributed by atoms with van der Waals surface area (Å²) >= 11 is 6.13. The number of aryl methyl sites for hydroxylation is 1. The Morgan fingerprint density at radius 1 is 0.966 bits per heavy atom. The molecule has 0 aromatic heterocycles. The highest BCUT2D eigenvalue weighted by Gasteiger charge is 2.42. The summed E-state index contributed by atoms with van der Waals surface area (Å²) in [6, 6.07) is 11.6. The number of carbonyl (C=O) groups is 3.